The van der Waals surface area contributed by atoms with E-state index in [2.05, 4.69) is 192 Å². The number of aromatic nitrogens is 2. The highest BCUT2D eigenvalue weighted by molar-refractivity contribution is 6.11. The molecule has 2 aromatic heterocycles. The first kappa shape index (κ1) is 27.7. The number of fused-ring (bicyclic) bond motifs is 7. The maximum Gasteiger partial charge on any atom is 0.0547 e. The van der Waals surface area contributed by atoms with Crippen molar-refractivity contribution in [1.29, 1.82) is 0 Å². The molecule has 230 valence electrons. The molecule has 0 bridgehead atoms. The van der Waals surface area contributed by atoms with Gasteiger partial charge in [-0.05, 0) is 94.5 Å². The molecule has 0 radical (unpaired) electrons. The van der Waals surface area contributed by atoms with Gasteiger partial charge in [-0.2, -0.15) is 0 Å². The molecule has 49 heavy (non-hydrogen) atoms. The minimum atomic E-state index is 1.18. The average Bonchev–Trinajstić information content (AvgIpc) is 3.67. The molecule has 10 rings (SSSR count). The third-order valence-corrected chi connectivity index (χ3v) is 10.2. The molecular formula is C47H32N2. The van der Waals surface area contributed by atoms with Crippen molar-refractivity contribution >= 4 is 54.4 Å². The molecule has 2 heteroatoms. The number of benzene rings is 8. The summed E-state index contributed by atoms with van der Waals surface area (Å²) in [5.41, 5.74) is 13.4. The second-order valence-corrected chi connectivity index (χ2v) is 13.1. The molecule has 0 amide bonds. The second-order valence-electron chi connectivity index (χ2n) is 13.1. The highest BCUT2D eigenvalue weighted by Crippen LogP contribution is 2.38. The normalized spacial score (nSPS) is 11.8. The number of aryl methyl sites for hydroxylation is 1. The van der Waals surface area contributed by atoms with Crippen molar-refractivity contribution in [3.8, 4) is 33.6 Å². The lowest BCUT2D eigenvalue weighted by Crippen LogP contribution is -1.94. The van der Waals surface area contributed by atoms with Crippen LogP contribution in [0.3, 0.4) is 0 Å². The maximum absolute atomic E-state index is 2.40. The molecule has 0 fully saturated rings. The SMILES string of the molecule is Cc1ccc(-n2c3ccccc3c3ccc(-c4ccc(-c5ccc6c(c5)c5ccccc5n6-c5ccc6ccccc6c5)cc4)cc32)cc1. The van der Waals surface area contributed by atoms with Gasteiger partial charge in [0, 0.05) is 32.9 Å². The van der Waals surface area contributed by atoms with Crippen LogP contribution in [-0.2, 0) is 0 Å². The van der Waals surface area contributed by atoms with E-state index in [9.17, 15) is 0 Å². The molecule has 0 saturated heterocycles. The Balaban J connectivity index is 1.06. The van der Waals surface area contributed by atoms with Gasteiger partial charge in [-0.15, -0.1) is 0 Å². The van der Waals surface area contributed by atoms with Crippen molar-refractivity contribution in [2.45, 2.75) is 6.92 Å². The van der Waals surface area contributed by atoms with Gasteiger partial charge >= 0.3 is 0 Å². The molecule has 0 saturated carbocycles. The van der Waals surface area contributed by atoms with E-state index < -0.39 is 0 Å². The van der Waals surface area contributed by atoms with E-state index in [0.29, 0.717) is 0 Å². The average molecular weight is 625 g/mol. The zero-order chi connectivity index (χ0) is 32.5. The van der Waals surface area contributed by atoms with E-state index in [1.54, 1.807) is 0 Å². The fourth-order valence-electron chi connectivity index (χ4n) is 7.72. The fourth-order valence-corrected chi connectivity index (χ4v) is 7.72. The van der Waals surface area contributed by atoms with Gasteiger partial charge in [-0.25, -0.2) is 0 Å². The first-order valence-corrected chi connectivity index (χ1v) is 16.9. The third kappa shape index (κ3) is 4.42. The summed E-state index contributed by atoms with van der Waals surface area (Å²) in [6, 6.07) is 64.5. The van der Waals surface area contributed by atoms with E-state index in [0.717, 1.165) is 0 Å². The van der Waals surface area contributed by atoms with E-state index in [1.165, 1.54) is 93.6 Å². The van der Waals surface area contributed by atoms with Crippen molar-refractivity contribution < 1.29 is 0 Å². The Morgan fingerprint density at radius 2 is 0.816 bits per heavy atom. The Kier molecular flexibility index (Phi) is 6.13. The van der Waals surface area contributed by atoms with Gasteiger partial charge in [0.2, 0.25) is 0 Å². The number of rotatable bonds is 4. The van der Waals surface area contributed by atoms with Crippen LogP contribution in [0.25, 0.3) is 88.0 Å². The Labute approximate surface area is 284 Å². The summed E-state index contributed by atoms with van der Waals surface area (Å²) in [6.07, 6.45) is 0. The maximum atomic E-state index is 2.40. The van der Waals surface area contributed by atoms with E-state index in [-0.39, 0.29) is 0 Å². The summed E-state index contributed by atoms with van der Waals surface area (Å²) in [6.45, 7) is 2.14. The first-order valence-electron chi connectivity index (χ1n) is 16.9. The van der Waals surface area contributed by atoms with Crippen LogP contribution in [0.5, 0.6) is 0 Å². The van der Waals surface area contributed by atoms with Crippen molar-refractivity contribution in [2.24, 2.45) is 0 Å². The van der Waals surface area contributed by atoms with Gasteiger partial charge in [0.15, 0.2) is 0 Å². The second kappa shape index (κ2) is 10.8. The lowest BCUT2D eigenvalue weighted by molar-refractivity contribution is 1.17. The summed E-state index contributed by atoms with van der Waals surface area (Å²) in [5, 5.41) is 7.58. The molecule has 0 aliphatic carbocycles. The molecule has 8 aromatic carbocycles. The van der Waals surface area contributed by atoms with Crippen molar-refractivity contribution in [1.82, 2.24) is 9.13 Å². The lowest BCUT2D eigenvalue weighted by Gasteiger charge is -2.11. The van der Waals surface area contributed by atoms with E-state index in [4.69, 9.17) is 0 Å². The standard InChI is InChI=1S/C47H32N2/c1-31-14-23-38(24-15-31)48-44-12-6-4-10-40(44)42-26-21-37(30-47(42)48)34-18-16-33(17-19-34)36-22-27-46-43(29-36)41-11-5-7-13-45(41)49(46)39-25-20-32-8-2-3-9-35(32)28-39/h2-30H,1H3. The Bertz CT molecular complexity index is 2870. The summed E-state index contributed by atoms with van der Waals surface area (Å²) in [4.78, 5) is 0. The van der Waals surface area contributed by atoms with Crippen molar-refractivity contribution in [2.75, 3.05) is 0 Å². The fraction of sp³-hybridized carbons (Fsp3) is 0.0213. The van der Waals surface area contributed by atoms with Crippen LogP contribution in [-0.4, -0.2) is 9.13 Å². The van der Waals surface area contributed by atoms with Crippen LogP contribution in [0.1, 0.15) is 5.56 Å². The summed E-state index contributed by atoms with van der Waals surface area (Å²) in [5.74, 6) is 0. The Morgan fingerprint density at radius 3 is 1.55 bits per heavy atom. The summed E-state index contributed by atoms with van der Waals surface area (Å²) >= 11 is 0. The summed E-state index contributed by atoms with van der Waals surface area (Å²) < 4.78 is 4.79. The molecular weight excluding hydrogens is 593 g/mol. The van der Waals surface area contributed by atoms with Crippen LogP contribution >= 0.6 is 0 Å². The Hall–Kier alpha value is -6.38. The van der Waals surface area contributed by atoms with Gasteiger partial charge in [0.05, 0.1) is 22.1 Å². The number of hydrogen-bond donors (Lipinski definition) is 0. The number of para-hydroxylation sites is 2. The van der Waals surface area contributed by atoms with Crippen LogP contribution < -0.4 is 0 Å². The molecule has 0 aliphatic rings. The smallest absolute Gasteiger partial charge is 0.0547 e. The molecule has 0 unspecified atom stereocenters. The van der Waals surface area contributed by atoms with Crippen LogP contribution in [0.2, 0.25) is 0 Å². The minimum Gasteiger partial charge on any atom is -0.309 e. The monoisotopic (exact) mass is 624 g/mol. The quantitative estimate of drug-likeness (QED) is 0.184. The first-order chi connectivity index (χ1) is 24.2. The van der Waals surface area contributed by atoms with Crippen LogP contribution in [0, 0.1) is 6.92 Å². The summed E-state index contributed by atoms with van der Waals surface area (Å²) in [7, 11) is 0. The lowest BCUT2D eigenvalue weighted by atomic mass is 9.98. The van der Waals surface area contributed by atoms with Gasteiger partial charge in [0.25, 0.3) is 0 Å². The van der Waals surface area contributed by atoms with Crippen LogP contribution in [0.15, 0.2) is 176 Å². The van der Waals surface area contributed by atoms with Gasteiger partial charge < -0.3 is 9.13 Å². The highest BCUT2D eigenvalue weighted by atomic mass is 15.0. The predicted molar refractivity (Wildman–Crippen MR) is 208 cm³/mol. The van der Waals surface area contributed by atoms with E-state index in [1.807, 2.05) is 0 Å². The van der Waals surface area contributed by atoms with Gasteiger partial charge in [-0.3, -0.25) is 0 Å². The van der Waals surface area contributed by atoms with Crippen molar-refractivity contribution in [3.63, 3.8) is 0 Å². The highest BCUT2D eigenvalue weighted by Gasteiger charge is 2.15. The number of nitrogens with zero attached hydrogens (tertiary/aromatic N) is 2. The van der Waals surface area contributed by atoms with Gasteiger partial charge in [-0.1, -0.05) is 127 Å². The molecule has 10 aromatic rings. The predicted octanol–water partition coefficient (Wildman–Crippen LogP) is 12.7. The topological polar surface area (TPSA) is 9.86 Å². The zero-order valence-corrected chi connectivity index (χ0v) is 27.1. The largest absolute Gasteiger partial charge is 0.309 e. The van der Waals surface area contributed by atoms with E-state index >= 15 is 0 Å². The van der Waals surface area contributed by atoms with Gasteiger partial charge in [0.1, 0.15) is 0 Å². The molecule has 0 N–H and O–H groups in total. The molecule has 0 spiro atoms. The third-order valence-electron chi connectivity index (χ3n) is 10.2. The molecule has 0 atom stereocenters. The van der Waals surface area contributed by atoms with Crippen molar-refractivity contribution in [3.05, 3.63) is 181 Å². The Morgan fingerprint density at radius 1 is 0.306 bits per heavy atom. The molecule has 2 heterocycles. The zero-order valence-electron chi connectivity index (χ0n) is 27.1. The van der Waals surface area contributed by atoms with Crippen LogP contribution in [0.4, 0.5) is 0 Å². The molecule has 0 aliphatic heterocycles. The molecule has 2 nitrogen and oxygen atoms in total. The number of hydrogen-bond acceptors (Lipinski definition) is 0. The minimum absolute atomic E-state index is 1.18.